The van der Waals surface area contributed by atoms with Gasteiger partial charge in [-0.05, 0) is 42.0 Å². The zero-order valence-electron chi connectivity index (χ0n) is 10.9. The van der Waals surface area contributed by atoms with Crippen LogP contribution in [0.5, 0.6) is 5.75 Å². The van der Waals surface area contributed by atoms with Crippen LogP contribution in [0.2, 0.25) is 0 Å². The molecule has 2 aromatic rings. The van der Waals surface area contributed by atoms with Gasteiger partial charge in [0.2, 0.25) is 0 Å². The van der Waals surface area contributed by atoms with Crippen molar-refractivity contribution in [2.24, 2.45) is 0 Å². The van der Waals surface area contributed by atoms with E-state index in [-0.39, 0.29) is 6.61 Å². The van der Waals surface area contributed by atoms with E-state index in [4.69, 9.17) is 4.74 Å². The second-order valence-corrected chi connectivity index (χ2v) is 4.26. The molecule has 0 saturated carbocycles. The maximum Gasteiger partial charge on any atom is 0.416 e. The second-order valence-electron chi connectivity index (χ2n) is 4.26. The molecule has 0 radical (unpaired) electrons. The first-order chi connectivity index (χ1) is 9.49. The predicted molar refractivity (Wildman–Crippen MR) is 71.8 cm³/mol. The molecule has 0 heterocycles. The van der Waals surface area contributed by atoms with E-state index in [1.165, 1.54) is 6.07 Å². The van der Waals surface area contributed by atoms with Gasteiger partial charge in [-0.2, -0.15) is 13.2 Å². The molecule has 0 atom stereocenters. The summed E-state index contributed by atoms with van der Waals surface area (Å²) in [4.78, 5) is 0. The first kappa shape index (κ1) is 14.2. The Balaban J connectivity index is 2.03. The summed E-state index contributed by atoms with van der Waals surface area (Å²) in [5, 5.41) is 2.97. The fourth-order valence-electron chi connectivity index (χ4n) is 1.72. The fourth-order valence-corrected chi connectivity index (χ4v) is 1.72. The topological polar surface area (TPSA) is 21.3 Å². The molecule has 20 heavy (non-hydrogen) atoms. The minimum atomic E-state index is -4.33. The van der Waals surface area contributed by atoms with E-state index in [0.29, 0.717) is 11.3 Å². The van der Waals surface area contributed by atoms with Gasteiger partial charge in [0.05, 0.1) is 5.56 Å². The lowest BCUT2D eigenvalue weighted by atomic mass is 10.1. The number of hydrogen-bond acceptors (Lipinski definition) is 2. The third kappa shape index (κ3) is 3.66. The van der Waals surface area contributed by atoms with Crippen LogP contribution in [0.1, 0.15) is 11.1 Å². The van der Waals surface area contributed by atoms with Gasteiger partial charge in [-0.3, -0.25) is 0 Å². The predicted octanol–water partition coefficient (Wildman–Crippen LogP) is 4.33. The van der Waals surface area contributed by atoms with Crippen molar-refractivity contribution in [2.75, 3.05) is 12.4 Å². The minimum absolute atomic E-state index is 0.100. The average Bonchev–Trinajstić information content (AvgIpc) is 2.45. The molecule has 0 spiro atoms. The molecule has 0 unspecified atom stereocenters. The van der Waals surface area contributed by atoms with Crippen molar-refractivity contribution in [1.29, 1.82) is 0 Å². The molecule has 0 saturated heterocycles. The lowest BCUT2D eigenvalue weighted by Gasteiger charge is -2.10. The molecule has 0 aromatic heterocycles. The van der Waals surface area contributed by atoms with Gasteiger partial charge in [-0.15, -0.1) is 0 Å². The van der Waals surface area contributed by atoms with Crippen LogP contribution in [0.4, 0.5) is 18.9 Å². The van der Waals surface area contributed by atoms with Gasteiger partial charge in [0.25, 0.3) is 0 Å². The first-order valence-electron chi connectivity index (χ1n) is 6.06. The van der Waals surface area contributed by atoms with Crippen LogP contribution in [0.3, 0.4) is 0 Å². The van der Waals surface area contributed by atoms with Crippen LogP contribution in [0, 0.1) is 0 Å². The van der Waals surface area contributed by atoms with Crippen molar-refractivity contribution >= 4 is 5.69 Å². The van der Waals surface area contributed by atoms with Gasteiger partial charge in [0, 0.05) is 12.7 Å². The normalized spacial score (nSPS) is 11.2. The number of halogens is 3. The van der Waals surface area contributed by atoms with E-state index >= 15 is 0 Å². The van der Waals surface area contributed by atoms with Crippen LogP contribution >= 0.6 is 0 Å². The zero-order valence-corrected chi connectivity index (χ0v) is 10.9. The Bertz CT molecular complexity index is 564. The van der Waals surface area contributed by atoms with E-state index in [2.05, 4.69) is 5.32 Å². The van der Waals surface area contributed by atoms with Gasteiger partial charge >= 0.3 is 6.18 Å². The first-order valence-corrected chi connectivity index (χ1v) is 6.06. The number of benzene rings is 2. The summed E-state index contributed by atoms with van der Waals surface area (Å²) in [5.41, 5.74) is 0.762. The average molecular weight is 281 g/mol. The van der Waals surface area contributed by atoms with E-state index in [1.54, 1.807) is 25.2 Å². The number of nitrogens with one attached hydrogen (secondary N) is 1. The number of ether oxygens (including phenoxy) is 1. The molecular formula is C15H14F3NO. The van der Waals surface area contributed by atoms with Crippen LogP contribution < -0.4 is 10.1 Å². The Kier molecular flexibility index (Phi) is 4.17. The minimum Gasteiger partial charge on any atom is -0.489 e. The fraction of sp³-hybridized carbons (Fsp3) is 0.200. The zero-order chi connectivity index (χ0) is 14.6. The molecule has 0 fully saturated rings. The Labute approximate surface area is 115 Å². The lowest BCUT2D eigenvalue weighted by Crippen LogP contribution is -2.06. The molecule has 2 nitrogen and oxygen atoms in total. The molecule has 0 bridgehead atoms. The van der Waals surface area contributed by atoms with Crippen molar-refractivity contribution in [2.45, 2.75) is 12.8 Å². The number of rotatable bonds is 4. The van der Waals surface area contributed by atoms with Gasteiger partial charge in [0.1, 0.15) is 12.4 Å². The van der Waals surface area contributed by atoms with E-state index < -0.39 is 11.7 Å². The summed E-state index contributed by atoms with van der Waals surface area (Å²) in [5.74, 6) is 0.612. The highest BCUT2D eigenvalue weighted by atomic mass is 19.4. The molecular weight excluding hydrogens is 267 g/mol. The standard InChI is InChI=1S/C15H14F3NO/c1-19-13-5-7-14(8-6-13)20-10-11-3-2-4-12(9-11)15(16,17)18/h2-9,19H,10H2,1H3. The maximum atomic E-state index is 12.6. The molecule has 106 valence electrons. The highest BCUT2D eigenvalue weighted by Gasteiger charge is 2.30. The third-order valence-corrected chi connectivity index (χ3v) is 2.80. The molecule has 0 aliphatic carbocycles. The van der Waals surface area contributed by atoms with Crippen LogP contribution in [-0.4, -0.2) is 7.05 Å². The Hall–Kier alpha value is -2.17. The molecule has 0 aliphatic heterocycles. The smallest absolute Gasteiger partial charge is 0.416 e. The number of anilines is 1. The van der Waals surface area contributed by atoms with E-state index in [0.717, 1.165) is 17.8 Å². The van der Waals surface area contributed by atoms with Gasteiger partial charge < -0.3 is 10.1 Å². The van der Waals surface area contributed by atoms with Crippen LogP contribution in [-0.2, 0) is 12.8 Å². The summed E-state index contributed by atoms with van der Waals surface area (Å²) >= 11 is 0. The molecule has 0 aliphatic rings. The highest BCUT2D eigenvalue weighted by Crippen LogP contribution is 2.29. The van der Waals surface area contributed by atoms with Crippen molar-refractivity contribution in [3.8, 4) is 5.75 Å². The van der Waals surface area contributed by atoms with E-state index in [9.17, 15) is 13.2 Å². The molecule has 2 aromatic carbocycles. The van der Waals surface area contributed by atoms with Gasteiger partial charge in [-0.25, -0.2) is 0 Å². The Morgan fingerprint density at radius 1 is 1.05 bits per heavy atom. The summed E-state index contributed by atoms with van der Waals surface area (Å²) in [6.45, 7) is 0.100. The third-order valence-electron chi connectivity index (χ3n) is 2.80. The van der Waals surface area contributed by atoms with Crippen LogP contribution in [0.15, 0.2) is 48.5 Å². The largest absolute Gasteiger partial charge is 0.489 e. The molecule has 0 amide bonds. The number of alkyl halides is 3. The Morgan fingerprint density at radius 2 is 1.75 bits per heavy atom. The monoisotopic (exact) mass is 281 g/mol. The SMILES string of the molecule is CNc1ccc(OCc2cccc(C(F)(F)F)c2)cc1. The van der Waals surface area contributed by atoms with E-state index in [1.807, 2.05) is 12.1 Å². The summed E-state index contributed by atoms with van der Waals surface area (Å²) < 4.78 is 43.2. The summed E-state index contributed by atoms with van der Waals surface area (Å²) in [6.07, 6.45) is -4.33. The van der Waals surface area contributed by atoms with Gasteiger partial charge in [0.15, 0.2) is 0 Å². The Morgan fingerprint density at radius 3 is 2.35 bits per heavy atom. The van der Waals surface area contributed by atoms with Gasteiger partial charge in [-0.1, -0.05) is 12.1 Å². The molecule has 5 heteroatoms. The maximum absolute atomic E-state index is 12.6. The second kappa shape index (κ2) is 5.86. The van der Waals surface area contributed by atoms with Crippen molar-refractivity contribution < 1.29 is 17.9 Å². The summed E-state index contributed by atoms with van der Waals surface area (Å²) in [6, 6.07) is 12.3. The highest BCUT2D eigenvalue weighted by molar-refractivity contribution is 5.45. The quantitative estimate of drug-likeness (QED) is 0.900. The molecule has 2 rings (SSSR count). The lowest BCUT2D eigenvalue weighted by molar-refractivity contribution is -0.137. The summed E-state index contributed by atoms with van der Waals surface area (Å²) in [7, 11) is 1.80. The number of hydrogen-bond donors (Lipinski definition) is 1. The van der Waals surface area contributed by atoms with Crippen molar-refractivity contribution in [3.05, 3.63) is 59.7 Å². The van der Waals surface area contributed by atoms with Crippen molar-refractivity contribution in [3.63, 3.8) is 0 Å². The van der Waals surface area contributed by atoms with Crippen molar-refractivity contribution in [1.82, 2.24) is 0 Å². The molecule has 1 N–H and O–H groups in total. The van der Waals surface area contributed by atoms with Crippen LogP contribution in [0.25, 0.3) is 0 Å².